The summed E-state index contributed by atoms with van der Waals surface area (Å²) in [5.74, 6) is 0.437. The van der Waals surface area contributed by atoms with Gasteiger partial charge in [-0.3, -0.25) is 14.9 Å². The first-order valence-electron chi connectivity index (χ1n) is 7.22. The zero-order valence-corrected chi connectivity index (χ0v) is 12.3. The topological polar surface area (TPSA) is 103 Å². The summed E-state index contributed by atoms with van der Waals surface area (Å²) < 4.78 is 1.98. The van der Waals surface area contributed by atoms with Gasteiger partial charge in [-0.1, -0.05) is 12.1 Å². The number of benzene rings is 1. The molecule has 1 aromatic heterocycles. The minimum absolute atomic E-state index is 0.00917. The SMILES string of the molecule is O=C(C=Cc1cccc([N+](=O)[O-])c1)NCc1nncn1C1CC1. The van der Waals surface area contributed by atoms with Gasteiger partial charge in [-0.25, -0.2) is 0 Å². The van der Waals surface area contributed by atoms with Gasteiger partial charge in [0.2, 0.25) is 5.91 Å². The highest BCUT2D eigenvalue weighted by Crippen LogP contribution is 2.35. The first kappa shape index (κ1) is 14.9. The van der Waals surface area contributed by atoms with Crippen molar-refractivity contribution in [3.63, 3.8) is 0 Å². The lowest BCUT2D eigenvalue weighted by Crippen LogP contribution is -2.22. The number of hydrogen-bond acceptors (Lipinski definition) is 5. The third-order valence-corrected chi connectivity index (χ3v) is 3.52. The molecule has 0 bridgehead atoms. The van der Waals surface area contributed by atoms with Crippen molar-refractivity contribution in [2.45, 2.75) is 25.4 Å². The number of rotatable bonds is 6. The Hall–Kier alpha value is -3.03. The molecule has 1 aromatic carbocycles. The molecule has 0 aliphatic heterocycles. The van der Waals surface area contributed by atoms with E-state index in [9.17, 15) is 14.9 Å². The summed E-state index contributed by atoms with van der Waals surface area (Å²) in [7, 11) is 0. The van der Waals surface area contributed by atoms with Gasteiger partial charge in [0.15, 0.2) is 5.82 Å². The lowest BCUT2D eigenvalue weighted by Gasteiger charge is -2.04. The monoisotopic (exact) mass is 313 g/mol. The van der Waals surface area contributed by atoms with Crippen molar-refractivity contribution in [2.75, 3.05) is 0 Å². The lowest BCUT2D eigenvalue weighted by atomic mass is 10.2. The first-order valence-corrected chi connectivity index (χ1v) is 7.22. The van der Waals surface area contributed by atoms with Gasteiger partial charge in [-0.2, -0.15) is 0 Å². The first-order chi connectivity index (χ1) is 11.1. The minimum Gasteiger partial charge on any atom is -0.345 e. The predicted octanol–water partition coefficient (Wildman–Crippen LogP) is 1.85. The summed E-state index contributed by atoms with van der Waals surface area (Å²) in [6, 6.07) is 6.54. The van der Waals surface area contributed by atoms with E-state index in [-0.39, 0.29) is 11.6 Å². The van der Waals surface area contributed by atoms with Crippen LogP contribution >= 0.6 is 0 Å². The molecule has 1 aliphatic rings. The molecule has 0 saturated heterocycles. The zero-order valence-electron chi connectivity index (χ0n) is 12.3. The molecule has 1 N–H and O–H groups in total. The van der Waals surface area contributed by atoms with Gasteiger partial charge in [-0.05, 0) is 24.5 Å². The molecule has 0 atom stereocenters. The molecule has 8 heteroatoms. The van der Waals surface area contributed by atoms with Crippen LogP contribution < -0.4 is 5.32 Å². The Kier molecular flexibility index (Phi) is 4.13. The van der Waals surface area contributed by atoms with Crippen LogP contribution in [-0.2, 0) is 11.3 Å². The highest BCUT2D eigenvalue weighted by molar-refractivity contribution is 5.91. The zero-order chi connectivity index (χ0) is 16.2. The second kappa shape index (κ2) is 6.39. The van der Waals surface area contributed by atoms with Crippen molar-refractivity contribution in [3.8, 4) is 0 Å². The highest BCUT2D eigenvalue weighted by Gasteiger charge is 2.25. The number of nitro benzene ring substituents is 1. The summed E-state index contributed by atoms with van der Waals surface area (Å²) in [5.41, 5.74) is 0.584. The highest BCUT2D eigenvalue weighted by atomic mass is 16.6. The third-order valence-electron chi connectivity index (χ3n) is 3.52. The Morgan fingerprint density at radius 3 is 3.04 bits per heavy atom. The van der Waals surface area contributed by atoms with Gasteiger partial charge < -0.3 is 9.88 Å². The van der Waals surface area contributed by atoms with Crippen LogP contribution in [0.2, 0.25) is 0 Å². The van der Waals surface area contributed by atoms with Gasteiger partial charge in [0, 0.05) is 24.3 Å². The van der Waals surface area contributed by atoms with Gasteiger partial charge >= 0.3 is 0 Å². The summed E-state index contributed by atoms with van der Waals surface area (Å²) in [5, 5.41) is 21.3. The number of amides is 1. The van der Waals surface area contributed by atoms with Crippen LogP contribution in [0.3, 0.4) is 0 Å². The number of non-ortho nitro benzene ring substituents is 1. The average molecular weight is 313 g/mol. The molecule has 118 valence electrons. The van der Waals surface area contributed by atoms with Crippen LogP contribution in [0.25, 0.3) is 6.08 Å². The van der Waals surface area contributed by atoms with Crippen molar-refractivity contribution in [1.29, 1.82) is 0 Å². The minimum atomic E-state index is -0.470. The van der Waals surface area contributed by atoms with E-state index in [1.807, 2.05) is 4.57 Å². The van der Waals surface area contributed by atoms with Crippen molar-refractivity contribution in [2.24, 2.45) is 0 Å². The van der Waals surface area contributed by atoms with Gasteiger partial charge in [0.25, 0.3) is 5.69 Å². The van der Waals surface area contributed by atoms with E-state index < -0.39 is 4.92 Å². The van der Waals surface area contributed by atoms with E-state index in [0.29, 0.717) is 18.2 Å². The van der Waals surface area contributed by atoms with Crippen LogP contribution in [0, 0.1) is 10.1 Å². The molecular formula is C15H15N5O3. The Balaban J connectivity index is 1.57. The summed E-state index contributed by atoms with van der Waals surface area (Å²) in [4.78, 5) is 22.1. The number of carbonyl (C=O) groups is 1. The number of nitro groups is 1. The Morgan fingerprint density at radius 2 is 2.30 bits per heavy atom. The number of aromatic nitrogens is 3. The molecule has 0 radical (unpaired) electrons. The Bertz CT molecular complexity index is 764. The van der Waals surface area contributed by atoms with E-state index in [0.717, 1.165) is 18.7 Å². The number of nitrogens with one attached hydrogen (secondary N) is 1. The van der Waals surface area contributed by atoms with E-state index in [2.05, 4.69) is 15.5 Å². The molecule has 0 unspecified atom stereocenters. The number of hydrogen-bond donors (Lipinski definition) is 1. The molecule has 3 rings (SSSR count). The normalized spacial score (nSPS) is 14.1. The third kappa shape index (κ3) is 3.79. The second-order valence-corrected chi connectivity index (χ2v) is 5.29. The molecule has 1 aliphatic carbocycles. The van der Waals surface area contributed by atoms with Gasteiger partial charge in [0.1, 0.15) is 6.33 Å². The summed E-state index contributed by atoms with van der Waals surface area (Å²) >= 11 is 0. The fourth-order valence-corrected chi connectivity index (χ4v) is 2.19. The number of nitrogens with zero attached hydrogens (tertiary/aromatic N) is 4. The van der Waals surface area contributed by atoms with E-state index in [4.69, 9.17) is 0 Å². The van der Waals surface area contributed by atoms with E-state index in [1.54, 1.807) is 18.5 Å². The quantitative estimate of drug-likeness (QED) is 0.498. The van der Waals surface area contributed by atoms with Crippen molar-refractivity contribution < 1.29 is 9.72 Å². The molecule has 1 heterocycles. The summed E-state index contributed by atoms with van der Waals surface area (Å²) in [6.45, 7) is 0.300. The smallest absolute Gasteiger partial charge is 0.270 e. The van der Waals surface area contributed by atoms with Crippen LogP contribution in [0.5, 0.6) is 0 Å². The lowest BCUT2D eigenvalue weighted by molar-refractivity contribution is -0.384. The number of carbonyl (C=O) groups excluding carboxylic acids is 1. The van der Waals surface area contributed by atoms with Crippen LogP contribution in [-0.4, -0.2) is 25.6 Å². The molecule has 1 fully saturated rings. The molecular weight excluding hydrogens is 298 g/mol. The molecule has 23 heavy (non-hydrogen) atoms. The van der Waals surface area contributed by atoms with Gasteiger partial charge in [0.05, 0.1) is 11.5 Å². The van der Waals surface area contributed by atoms with Gasteiger partial charge in [-0.15, -0.1) is 10.2 Å². The predicted molar refractivity (Wildman–Crippen MR) is 82.3 cm³/mol. The van der Waals surface area contributed by atoms with Crippen LogP contribution in [0.15, 0.2) is 36.7 Å². The van der Waals surface area contributed by atoms with Crippen LogP contribution in [0.1, 0.15) is 30.3 Å². The molecule has 1 saturated carbocycles. The Morgan fingerprint density at radius 1 is 1.48 bits per heavy atom. The fraction of sp³-hybridized carbons (Fsp3) is 0.267. The van der Waals surface area contributed by atoms with Crippen LogP contribution in [0.4, 0.5) is 5.69 Å². The maximum atomic E-state index is 11.8. The maximum absolute atomic E-state index is 11.8. The largest absolute Gasteiger partial charge is 0.345 e. The maximum Gasteiger partial charge on any atom is 0.270 e. The average Bonchev–Trinajstić information content (AvgIpc) is 3.29. The van der Waals surface area contributed by atoms with Crippen molar-refractivity contribution in [3.05, 3.63) is 58.2 Å². The summed E-state index contributed by atoms with van der Waals surface area (Å²) in [6.07, 6.45) is 6.79. The Labute approximate surface area is 132 Å². The fourth-order valence-electron chi connectivity index (χ4n) is 2.19. The van der Waals surface area contributed by atoms with Crippen molar-refractivity contribution in [1.82, 2.24) is 20.1 Å². The van der Waals surface area contributed by atoms with E-state index >= 15 is 0 Å². The van der Waals surface area contributed by atoms with E-state index in [1.165, 1.54) is 24.3 Å². The molecule has 0 spiro atoms. The molecule has 8 nitrogen and oxygen atoms in total. The molecule has 1 amide bonds. The molecule has 2 aromatic rings. The standard InChI is InChI=1S/C15H15N5O3/c21-15(7-4-11-2-1-3-13(8-11)20(22)23)16-9-14-18-17-10-19(14)12-5-6-12/h1-4,7-8,10,12H,5-6,9H2,(H,16,21). The van der Waals surface area contributed by atoms with Crippen molar-refractivity contribution >= 4 is 17.7 Å². The second-order valence-electron chi connectivity index (χ2n) is 5.29.